The molecule has 1 aromatic rings. The third-order valence-electron chi connectivity index (χ3n) is 3.41. The number of carbonyl (C=O) groups is 2. The maximum atomic E-state index is 12.2. The highest BCUT2D eigenvalue weighted by Crippen LogP contribution is 2.28. The van der Waals surface area contributed by atoms with E-state index in [9.17, 15) is 9.59 Å². The number of nitrogen functional groups attached to an aromatic ring is 1. The molecule has 7 nitrogen and oxygen atoms in total. The van der Waals surface area contributed by atoms with Crippen LogP contribution in [0.2, 0.25) is 5.02 Å². The Kier molecular flexibility index (Phi) is 5.46. The first-order chi connectivity index (χ1) is 10.5. The summed E-state index contributed by atoms with van der Waals surface area (Å²) in [7, 11) is 1.45. The van der Waals surface area contributed by atoms with Crippen molar-refractivity contribution in [2.24, 2.45) is 0 Å². The summed E-state index contributed by atoms with van der Waals surface area (Å²) in [5, 5.41) is 8.91. The maximum absolute atomic E-state index is 12.2. The second-order valence-corrected chi connectivity index (χ2v) is 5.32. The smallest absolute Gasteiger partial charge is 0.255 e. The van der Waals surface area contributed by atoms with E-state index in [0.29, 0.717) is 41.5 Å². The number of carbonyl (C=O) groups excluding carboxylic acids is 2. The molecule has 0 aliphatic carbocycles. The minimum Gasteiger partial charge on any atom is -0.496 e. The molecule has 1 aliphatic heterocycles. The van der Waals surface area contributed by atoms with Crippen LogP contribution in [0.25, 0.3) is 0 Å². The molecule has 0 saturated carbocycles. The SMILES string of the molecule is COc1cc(N)c(Cl)cc1C(=O)NCCC1NCCNC1=O. The normalized spacial score (nSPS) is 17.7. The van der Waals surface area contributed by atoms with Crippen LogP contribution < -0.4 is 26.4 Å². The lowest BCUT2D eigenvalue weighted by molar-refractivity contribution is -0.124. The van der Waals surface area contributed by atoms with E-state index < -0.39 is 0 Å². The number of anilines is 1. The van der Waals surface area contributed by atoms with Crippen molar-refractivity contribution in [1.82, 2.24) is 16.0 Å². The summed E-state index contributed by atoms with van der Waals surface area (Å²) in [4.78, 5) is 23.8. The van der Waals surface area contributed by atoms with Gasteiger partial charge >= 0.3 is 0 Å². The van der Waals surface area contributed by atoms with Crippen molar-refractivity contribution in [3.8, 4) is 5.75 Å². The van der Waals surface area contributed by atoms with Gasteiger partial charge in [-0.05, 0) is 12.5 Å². The van der Waals surface area contributed by atoms with Gasteiger partial charge in [0.1, 0.15) is 5.75 Å². The van der Waals surface area contributed by atoms with Gasteiger partial charge in [-0.1, -0.05) is 11.6 Å². The van der Waals surface area contributed by atoms with Crippen molar-refractivity contribution in [3.05, 3.63) is 22.7 Å². The molecule has 2 amide bonds. The van der Waals surface area contributed by atoms with Crippen LogP contribution >= 0.6 is 11.6 Å². The molecule has 0 bridgehead atoms. The lowest BCUT2D eigenvalue weighted by atomic mass is 10.1. The van der Waals surface area contributed by atoms with E-state index >= 15 is 0 Å². The quantitative estimate of drug-likeness (QED) is 0.576. The number of nitrogens with one attached hydrogen (secondary N) is 3. The Hall–Kier alpha value is -1.99. The fraction of sp³-hybridized carbons (Fsp3) is 0.429. The van der Waals surface area contributed by atoms with Crippen molar-refractivity contribution in [2.75, 3.05) is 32.5 Å². The van der Waals surface area contributed by atoms with Gasteiger partial charge in [0.25, 0.3) is 5.91 Å². The summed E-state index contributed by atoms with van der Waals surface area (Å²) in [6, 6.07) is 2.69. The van der Waals surface area contributed by atoms with E-state index in [1.165, 1.54) is 19.2 Å². The number of amides is 2. The zero-order chi connectivity index (χ0) is 16.1. The monoisotopic (exact) mass is 326 g/mol. The van der Waals surface area contributed by atoms with E-state index in [-0.39, 0.29) is 17.9 Å². The summed E-state index contributed by atoms with van der Waals surface area (Å²) >= 11 is 5.94. The summed E-state index contributed by atoms with van der Waals surface area (Å²) < 4.78 is 5.14. The third-order valence-corrected chi connectivity index (χ3v) is 3.74. The van der Waals surface area contributed by atoms with Crippen molar-refractivity contribution < 1.29 is 14.3 Å². The molecule has 1 aliphatic rings. The molecule has 0 aromatic heterocycles. The number of hydrogen-bond donors (Lipinski definition) is 4. The third kappa shape index (κ3) is 3.80. The minimum absolute atomic E-state index is 0.0476. The highest BCUT2D eigenvalue weighted by Gasteiger charge is 2.21. The minimum atomic E-state index is -0.324. The van der Waals surface area contributed by atoms with Crippen LogP contribution in [-0.2, 0) is 4.79 Å². The van der Waals surface area contributed by atoms with Crippen LogP contribution in [0.3, 0.4) is 0 Å². The lowest BCUT2D eigenvalue weighted by Gasteiger charge is -2.23. The Labute approximate surface area is 133 Å². The molecule has 5 N–H and O–H groups in total. The van der Waals surface area contributed by atoms with E-state index in [1.807, 2.05) is 0 Å². The van der Waals surface area contributed by atoms with Crippen molar-refractivity contribution in [2.45, 2.75) is 12.5 Å². The van der Waals surface area contributed by atoms with Gasteiger partial charge in [0.15, 0.2) is 0 Å². The van der Waals surface area contributed by atoms with Crippen molar-refractivity contribution >= 4 is 29.1 Å². The maximum Gasteiger partial charge on any atom is 0.255 e. The Morgan fingerprint density at radius 2 is 2.27 bits per heavy atom. The Bertz CT molecular complexity index is 579. The molecule has 22 heavy (non-hydrogen) atoms. The zero-order valence-electron chi connectivity index (χ0n) is 12.2. The molecule has 0 spiro atoms. The van der Waals surface area contributed by atoms with E-state index in [0.717, 1.165) is 6.54 Å². The van der Waals surface area contributed by atoms with Gasteiger partial charge in [-0.15, -0.1) is 0 Å². The number of nitrogens with two attached hydrogens (primary N) is 1. The van der Waals surface area contributed by atoms with Gasteiger partial charge in [-0.25, -0.2) is 0 Å². The van der Waals surface area contributed by atoms with Crippen LogP contribution in [-0.4, -0.2) is 44.6 Å². The zero-order valence-corrected chi connectivity index (χ0v) is 13.0. The van der Waals surface area contributed by atoms with E-state index in [1.54, 1.807) is 0 Å². The number of methoxy groups -OCH3 is 1. The molecular weight excluding hydrogens is 308 g/mol. The number of piperazine rings is 1. The molecule has 1 saturated heterocycles. The molecule has 1 heterocycles. The molecule has 2 rings (SSSR count). The van der Waals surface area contributed by atoms with Crippen LogP contribution in [0.15, 0.2) is 12.1 Å². The molecule has 1 aromatic carbocycles. The Morgan fingerprint density at radius 3 is 2.95 bits per heavy atom. The average molecular weight is 327 g/mol. The summed E-state index contributed by atoms with van der Waals surface area (Å²) in [6.45, 7) is 1.71. The van der Waals surface area contributed by atoms with Crippen LogP contribution in [0.4, 0.5) is 5.69 Å². The molecule has 1 fully saturated rings. The standard InChI is InChI=1S/C14H19ClN4O3/c1-22-12-7-10(16)9(15)6-8(12)13(20)18-3-2-11-14(21)19-5-4-17-11/h6-7,11,17H,2-5,16H2,1H3,(H,18,20)(H,19,21). The van der Waals surface area contributed by atoms with E-state index in [2.05, 4.69) is 16.0 Å². The Morgan fingerprint density at radius 1 is 1.50 bits per heavy atom. The second-order valence-electron chi connectivity index (χ2n) is 4.92. The highest BCUT2D eigenvalue weighted by molar-refractivity contribution is 6.33. The highest BCUT2D eigenvalue weighted by atomic mass is 35.5. The lowest BCUT2D eigenvalue weighted by Crippen LogP contribution is -2.53. The van der Waals surface area contributed by atoms with E-state index in [4.69, 9.17) is 22.1 Å². The van der Waals surface area contributed by atoms with Crippen LogP contribution in [0.1, 0.15) is 16.8 Å². The number of ether oxygens (including phenoxy) is 1. The van der Waals surface area contributed by atoms with Gasteiger partial charge in [0.05, 0.1) is 29.4 Å². The predicted octanol–water partition coefficient (Wildman–Crippen LogP) is 0.139. The van der Waals surface area contributed by atoms with Crippen LogP contribution in [0.5, 0.6) is 5.75 Å². The fourth-order valence-corrected chi connectivity index (χ4v) is 2.39. The topological polar surface area (TPSA) is 105 Å². The Balaban J connectivity index is 1.95. The fourth-order valence-electron chi connectivity index (χ4n) is 2.22. The number of rotatable bonds is 5. The van der Waals surface area contributed by atoms with Gasteiger partial charge in [0.2, 0.25) is 5.91 Å². The average Bonchev–Trinajstić information content (AvgIpc) is 2.51. The summed E-state index contributed by atoms with van der Waals surface area (Å²) in [6.07, 6.45) is 0.503. The first kappa shape index (κ1) is 16.4. The largest absolute Gasteiger partial charge is 0.496 e. The van der Waals surface area contributed by atoms with Gasteiger partial charge in [-0.2, -0.15) is 0 Å². The van der Waals surface area contributed by atoms with Crippen molar-refractivity contribution in [1.29, 1.82) is 0 Å². The molecule has 0 radical (unpaired) electrons. The second kappa shape index (κ2) is 7.33. The number of hydrogen-bond acceptors (Lipinski definition) is 5. The van der Waals surface area contributed by atoms with Gasteiger partial charge in [-0.3, -0.25) is 9.59 Å². The summed E-state index contributed by atoms with van der Waals surface area (Å²) in [5.41, 5.74) is 6.34. The first-order valence-electron chi connectivity index (χ1n) is 6.95. The van der Waals surface area contributed by atoms with Gasteiger partial charge < -0.3 is 26.4 Å². The molecule has 1 atom stereocenters. The summed E-state index contributed by atoms with van der Waals surface area (Å²) in [5.74, 6) is -0.0171. The number of halogens is 1. The molecule has 8 heteroatoms. The predicted molar refractivity (Wildman–Crippen MR) is 84.2 cm³/mol. The van der Waals surface area contributed by atoms with Crippen LogP contribution in [0, 0.1) is 0 Å². The molecule has 120 valence electrons. The first-order valence-corrected chi connectivity index (χ1v) is 7.33. The van der Waals surface area contributed by atoms with Crippen molar-refractivity contribution in [3.63, 3.8) is 0 Å². The molecule has 1 unspecified atom stereocenters. The van der Waals surface area contributed by atoms with Gasteiger partial charge in [0, 0.05) is 25.7 Å². The number of benzene rings is 1. The molecular formula is C14H19ClN4O3.